The molecule has 1 aromatic rings. The maximum atomic E-state index is 11.4. The van der Waals surface area contributed by atoms with Crippen LogP contribution in [-0.2, 0) is 9.53 Å². The molecule has 0 spiro atoms. The standard InChI is InChI=1S/C14H18O5/c1-8-10(7-19-14(8)16)13(15)9-4-5-11(17-2)12(6-9)18-3/h4-6,8,10,13,15H,7H2,1-3H3/t8-,10-,13-/m0/s1. The lowest BCUT2D eigenvalue weighted by Gasteiger charge is -2.20. The van der Waals surface area contributed by atoms with E-state index < -0.39 is 6.10 Å². The summed E-state index contributed by atoms with van der Waals surface area (Å²) in [6.07, 6.45) is -0.763. The molecule has 0 unspecified atom stereocenters. The Morgan fingerprint density at radius 1 is 1.32 bits per heavy atom. The Hall–Kier alpha value is -1.75. The van der Waals surface area contributed by atoms with Gasteiger partial charge in [0.2, 0.25) is 0 Å². The summed E-state index contributed by atoms with van der Waals surface area (Å²) in [6.45, 7) is 2.01. The summed E-state index contributed by atoms with van der Waals surface area (Å²) in [4.78, 5) is 11.4. The fourth-order valence-electron chi connectivity index (χ4n) is 2.28. The van der Waals surface area contributed by atoms with E-state index in [4.69, 9.17) is 14.2 Å². The molecule has 0 aliphatic carbocycles. The van der Waals surface area contributed by atoms with Crippen LogP contribution in [0.15, 0.2) is 18.2 Å². The van der Waals surface area contributed by atoms with E-state index in [1.165, 1.54) is 0 Å². The van der Waals surface area contributed by atoms with Crippen LogP contribution >= 0.6 is 0 Å². The molecule has 1 aliphatic rings. The van der Waals surface area contributed by atoms with Crippen LogP contribution in [0.1, 0.15) is 18.6 Å². The minimum absolute atomic E-state index is 0.231. The Bertz CT molecular complexity index is 471. The lowest BCUT2D eigenvalue weighted by Crippen LogP contribution is -2.20. The quantitative estimate of drug-likeness (QED) is 0.838. The molecule has 1 N–H and O–H groups in total. The number of hydrogen-bond donors (Lipinski definition) is 1. The van der Waals surface area contributed by atoms with Crippen LogP contribution in [0.5, 0.6) is 11.5 Å². The first-order valence-corrected chi connectivity index (χ1v) is 6.15. The van der Waals surface area contributed by atoms with Gasteiger partial charge < -0.3 is 19.3 Å². The lowest BCUT2D eigenvalue weighted by molar-refractivity contribution is -0.140. The monoisotopic (exact) mass is 266 g/mol. The molecular weight excluding hydrogens is 248 g/mol. The lowest BCUT2D eigenvalue weighted by atomic mass is 9.88. The largest absolute Gasteiger partial charge is 0.493 e. The molecule has 0 saturated carbocycles. The molecule has 19 heavy (non-hydrogen) atoms. The fraction of sp³-hybridized carbons (Fsp3) is 0.500. The van der Waals surface area contributed by atoms with Gasteiger partial charge in [-0.05, 0) is 17.7 Å². The van der Waals surface area contributed by atoms with E-state index in [1.54, 1.807) is 39.3 Å². The highest BCUT2D eigenvalue weighted by Crippen LogP contribution is 2.37. The molecule has 104 valence electrons. The topological polar surface area (TPSA) is 65.0 Å². The van der Waals surface area contributed by atoms with Gasteiger partial charge in [-0.3, -0.25) is 4.79 Å². The number of carbonyl (C=O) groups excluding carboxylic acids is 1. The predicted molar refractivity (Wildman–Crippen MR) is 68.1 cm³/mol. The molecule has 0 amide bonds. The molecule has 3 atom stereocenters. The van der Waals surface area contributed by atoms with Crippen molar-refractivity contribution in [2.75, 3.05) is 20.8 Å². The second-order valence-corrected chi connectivity index (χ2v) is 4.64. The van der Waals surface area contributed by atoms with Crippen molar-refractivity contribution < 1.29 is 24.1 Å². The summed E-state index contributed by atoms with van der Waals surface area (Å²) in [5.74, 6) is 0.361. The summed E-state index contributed by atoms with van der Waals surface area (Å²) in [6, 6.07) is 5.22. The zero-order valence-electron chi connectivity index (χ0n) is 11.3. The maximum absolute atomic E-state index is 11.4. The van der Waals surface area contributed by atoms with Crippen LogP contribution < -0.4 is 9.47 Å². The average Bonchev–Trinajstić information content (AvgIpc) is 2.77. The molecule has 0 radical (unpaired) electrons. The van der Waals surface area contributed by atoms with Crippen molar-refractivity contribution in [1.82, 2.24) is 0 Å². The second-order valence-electron chi connectivity index (χ2n) is 4.64. The molecule has 5 heteroatoms. The third-order valence-corrected chi connectivity index (χ3v) is 3.59. The Balaban J connectivity index is 2.24. The van der Waals surface area contributed by atoms with E-state index in [-0.39, 0.29) is 24.4 Å². The molecule has 1 aromatic carbocycles. The summed E-state index contributed by atoms with van der Waals surface area (Å²) in [5.41, 5.74) is 0.688. The minimum Gasteiger partial charge on any atom is -0.493 e. The number of methoxy groups -OCH3 is 2. The smallest absolute Gasteiger partial charge is 0.309 e. The highest BCUT2D eigenvalue weighted by atomic mass is 16.5. The molecule has 0 bridgehead atoms. The van der Waals surface area contributed by atoms with Crippen molar-refractivity contribution in [1.29, 1.82) is 0 Å². The van der Waals surface area contributed by atoms with E-state index in [1.807, 2.05) is 0 Å². The molecule has 1 fully saturated rings. The van der Waals surface area contributed by atoms with Crippen molar-refractivity contribution in [2.45, 2.75) is 13.0 Å². The molecule has 0 aromatic heterocycles. The number of benzene rings is 1. The number of esters is 1. The first-order chi connectivity index (χ1) is 9.08. The van der Waals surface area contributed by atoms with Gasteiger partial charge in [0, 0.05) is 5.92 Å². The van der Waals surface area contributed by atoms with Crippen molar-refractivity contribution in [2.24, 2.45) is 11.8 Å². The van der Waals surface area contributed by atoms with Gasteiger partial charge in [0.05, 0.1) is 32.8 Å². The van der Waals surface area contributed by atoms with Crippen LogP contribution in [0.4, 0.5) is 0 Å². The van der Waals surface area contributed by atoms with Gasteiger partial charge in [-0.1, -0.05) is 13.0 Å². The number of aliphatic hydroxyl groups excluding tert-OH is 1. The second kappa shape index (κ2) is 5.48. The molecule has 1 aliphatic heterocycles. The minimum atomic E-state index is -0.763. The molecule has 2 rings (SSSR count). The number of carbonyl (C=O) groups is 1. The van der Waals surface area contributed by atoms with E-state index in [0.29, 0.717) is 17.1 Å². The highest BCUT2D eigenvalue weighted by molar-refractivity contribution is 5.74. The fourth-order valence-corrected chi connectivity index (χ4v) is 2.28. The summed E-state index contributed by atoms with van der Waals surface area (Å²) in [5, 5.41) is 10.4. The van der Waals surface area contributed by atoms with Gasteiger partial charge in [-0.2, -0.15) is 0 Å². The Morgan fingerprint density at radius 2 is 2.00 bits per heavy atom. The van der Waals surface area contributed by atoms with Crippen LogP contribution in [0.3, 0.4) is 0 Å². The zero-order valence-corrected chi connectivity index (χ0v) is 11.3. The SMILES string of the molecule is COc1ccc([C@H](O)[C@H]2COC(=O)[C@H]2C)cc1OC. The highest BCUT2D eigenvalue weighted by Gasteiger charge is 2.38. The normalized spacial score (nSPS) is 23.9. The van der Waals surface area contributed by atoms with E-state index in [0.717, 1.165) is 0 Å². The van der Waals surface area contributed by atoms with Gasteiger partial charge in [-0.25, -0.2) is 0 Å². The van der Waals surface area contributed by atoms with E-state index in [2.05, 4.69) is 0 Å². The number of rotatable bonds is 4. The molecular formula is C14H18O5. The number of aliphatic hydroxyl groups is 1. The maximum Gasteiger partial charge on any atom is 0.309 e. The summed E-state index contributed by atoms with van der Waals surface area (Å²) < 4.78 is 15.3. The Morgan fingerprint density at radius 3 is 2.53 bits per heavy atom. The van der Waals surface area contributed by atoms with Gasteiger partial charge in [0.15, 0.2) is 11.5 Å². The van der Waals surface area contributed by atoms with Gasteiger partial charge in [-0.15, -0.1) is 0 Å². The Kier molecular flexibility index (Phi) is 3.95. The number of hydrogen-bond acceptors (Lipinski definition) is 5. The van der Waals surface area contributed by atoms with Gasteiger partial charge in [0.1, 0.15) is 0 Å². The van der Waals surface area contributed by atoms with Gasteiger partial charge >= 0.3 is 5.97 Å². The van der Waals surface area contributed by atoms with Crippen molar-refractivity contribution in [3.63, 3.8) is 0 Å². The predicted octanol–water partition coefficient (Wildman–Crippen LogP) is 1.55. The van der Waals surface area contributed by atoms with Crippen molar-refractivity contribution in [3.05, 3.63) is 23.8 Å². The van der Waals surface area contributed by atoms with Crippen LogP contribution in [0, 0.1) is 11.8 Å². The molecule has 1 heterocycles. The third kappa shape index (κ3) is 2.51. The van der Waals surface area contributed by atoms with Crippen molar-refractivity contribution in [3.8, 4) is 11.5 Å². The average molecular weight is 266 g/mol. The van der Waals surface area contributed by atoms with Crippen LogP contribution in [0.2, 0.25) is 0 Å². The number of cyclic esters (lactones) is 1. The summed E-state index contributed by atoms with van der Waals surface area (Å²) >= 11 is 0. The first kappa shape index (κ1) is 13.7. The summed E-state index contributed by atoms with van der Waals surface area (Å²) in [7, 11) is 3.10. The van der Waals surface area contributed by atoms with Crippen LogP contribution in [-0.4, -0.2) is 31.9 Å². The van der Waals surface area contributed by atoms with Gasteiger partial charge in [0.25, 0.3) is 0 Å². The van der Waals surface area contributed by atoms with Crippen molar-refractivity contribution >= 4 is 5.97 Å². The molecule has 1 saturated heterocycles. The van der Waals surface area contributed by atoms with E-state index in [9.17, 15) is 9.90 Å². The van der Waals surface area contributed by atoms with E-state index >= 15 is 0 Å². The number of ether oxygens (including phenoxy) is 3. The Labute approximate surface area is 112 Å². The molecule has 5 nitrogen and oxygen atoms in total. The third-order valence-electron chi connectivity index (χ3n) is 3.59. The zero-order chi connectivity index (χ0) is 14.0. The first-order valence-electron chi connectivity index (χ1n) is 6.15. The van der Waals surface area contributed by atoms with Crippen LogP contribution in [0.25, 0.3) is 0 Å².